The van der Waals surface area contributed by atoms with E-state index in [0.717, 1.165) is 15.5 Å². The minimum atomic E-state index is -0.219. The lowest BCUT2D eigenvalue weighted by Crippen LogP contribution is -2.22. The molecular weight excluding hydrogens is 482 g/mol. The number of halogens is 2. The number of rotatable bonds is 5. The van der Waals surface area contributed by atoms with Crippen LogP contribution in [0.15, 0.2) is 55.5 Å². The van der Waals surface area contributed by atoms with Gasteiger partial charge in [-0.3, -0.25) is 24.0 Å². The maximum Gasteiger partial charge on any atom is 0.329 e. The molecule has 1 N–H and O–H groups in total. The summed E-state index contributed by atoms with van der Waals surface area (Å²) in [6.45, 7) is 6.85. The lowest BCUT2D eigenvalue weighted by molar-refractivity contribution is 0.671. The van der Waals surface area contributed by atoms with Gasteiger partial charge in [0.2, 0.25) is 0 Å². The summed E-state index contributed by atoms with van der Waals surface area (Å²) in [5.41, 5.74) is 3.82. The van der Waals surface area contributed by atoms with E-state index >= 15 is 0 Å². The van der Waals surface area contributed by atoms with Crippen LogP contribution in [0.1, 0.15) is 25.1 Å². The summed E-state index contributed by atoms with van der Waals surface area (Å²) in [5.74, 6) is 0. The zero-order valence-corrected chi connectivity index (χ0v) is 19.7. The van der Waals surface area contributed by atoms with Gasteiger partial charge in [-0.15, -0.1) is 0 Å². The van der Waals surface area contributed by atoms with Gasteiger partial charge in [-0.2, -0.15) is 0 Å². The predicted octanol–water partition coefficient (Wildman–Crippen LogP) is 4.80. The molecule has 0 amide bonds. The summed E-state index contributed by atoms with van der Waals surface area (Å²) in [7, 11) is 0. The molecule has 2 aromatic heterocycles. The van der Waals surface area contributed by atoms with Gasteiger partial charge in [-0.25, -0.2) is 9.48 Å². The van der Waals surface area contributed by atoms with Gasteiger partial charge in [0.1, 0.15) is 0 Å². The molecule has 7 nitrogen and oxygen atoms in total. The first-order valence-corrected chi connectivity index (χ1v) is 11.1. The highest BCUT2D eigenvalue weighted by Crippen LogP contribution is 2.30. The van der Waals surface area contributed by atoms with Crippen LogP contribution in [-0.4, -0.2) is 25.1 Å². The Morgan fingerprint density at radius 3 is 2.42 bits per heavy atom. The molecule has 0 spiro atoms. The number of aromatic amines is 1. The van der Waals surface area contributed by atoms with Crippen LogP contribution in [0.4, 0.5) is 5.69 Å². The van der Waals surface area contributed by atoms with Crippen molar-refractivity contribution in [2.24, 2.45) is 4.99 Å². The van der Waals surface area contributed by atoms with Crippen LogP contribution in [0.3, 0.4) is 0 Å². The van der Waals surface area contributed by atoms with Gasteiger partial charge in [0, 0.05) is 34.5 Å². The van der Waals surface area contributed by atoms with Gasteiger partial charge in [0.25, 0.3) is 5.56 Å². The van der Waals surface area contributed by atoms with Crippen LogP contribution < -0.4 is 11.2 Å². The maximum atomic E-state index is 12.9. The summed E-state index contributed by atoms with van der Waals surface area (Å²) >= 11 is 9.61. The van der Waals surface area contributed by atoms with E-state index in [1.165, 1.54) is 4.68 Å². The summed E-state index contributed by atoms with van der Waals surface area (Å²) < 4.78 is 5.64. The molecule has 4 rings (SSSR count). The largest absolute Gasteiger partial charge is 0.329 e. The molecule has 0 atom stereocenters. The normalized spacial score (nSPS) is 11.8. The Balaban J connectivity index is 1.80. The van der Waals surface area contributed by atoms with E-state index in [2.05, 4.69) is 26.0 Å². The van der Waals surface area contributed by atoms with Crippen molar-refractivity contribution in [2.45, 2.75) is 33.9 Å². The first-order chi connectivity index (χ1) is 14.8. The van der Waals surface area contributed by atoms with Gasteiger partial charge < -0.3 is 0 Å². The zero-order chi connectivity index (χ0) is 22.3. The third-order valence-corrected chi connectivity index (χ3v) is 6.11. The first kappa shape index (κ1) is 21.4. The van der Waals surface area contributed by atoms with Crippen molar-refractivity contribution < 1.29 is 0 Å². The lowest BCUT2D eigenvalue weighted by atomic mass is 10.2. The van der Waals surface area contributed by atoms with Gasteiger partial charge in [-0.05, 0) is 67.0 Å². The molecular formula is C22H21BrClN5O2. The number of fused-ring (bicyclic) bond motifs is 1. The van der Waals surface area contributed by atoms with Crippen LogP contribution >= 0.6 is 27.5 Å². The fourth-order valence-corrected chi connectivity index (χ4v) is 4.30. The topological polar surface area (TPSA) is 77.1 Å². The summed E-state index contributed by atoms with van der Waals surface area (Å²) in [6, 6.07) is 10.8. The number of hydrogen-bond donors (Lipinski definition) is 1. The summed E-state index contributed by atoms with van der Waals surface area (Å²) in [4.78, 5) is 30.1. The van der Waals surface area contributed by atoms with Crippen molar-refractivity contribution in [3.8, 4) is 5.69 Å². The third-order valence-electron chi connectivity index (χ3n) is 5.24. The number of hydrogen-bond acceptors (Lipinski definition) is 3. The van der Waals surface area contributed by atoms with Crippen LogP contribution in [-0.2, 0) is 13.1 Å². The third kappa shape index (κ3) is 3.70. The quantitative estimate of drug-likeness (QED) is 0.398. The minimum Gasteiger partial charge on any atom is -0.295 e. The van der Waals surface area contributed by atoms with Crippen LogP contribution in [0.25, 0.3) is 16.7 Å². The van der Waals surface area contributed by atoms with Gasteiger partial charge in [-0.1, -0.05) is 17.7 Å². The smallest absolute Gasteiger partial charge is 0.295 e. The van der Waals surface area contributed by atoms with Crippen molar-refractivity contribution >= 4 is 50.5 Å². The second kappa shape index (κ2) is 8.36. The van der Waals surface area contributed by atoms with Crippen molar-refractivity contribution in [3.05, 3.63) is 78.0 Å². The Bertz CT molecular complexity index is 1440. The number of H-pyrrole nitrogens is 1. The van der Waals surface area contributed by atoms with E-state index in [9.17, 15) is 9.59 Å². The molecule has 0 bridgehead atoms. The molecule has 0 unspecified atom stereocenters. The molecule has 31 heavy (non-hydrogen) atoms. The van der Waals surface area contributed by atoms with E-state index in [0.29, 0.717) is 40.7 Å². The predicted molar refractivity (Wildman–Crippen MR) is 129 cm³/mol. The van der Waals surface area contributed by atoms with E-state index in [1.54, 1.807) is 39.6 Å². The number of benzene rings is 2. The fraction of sp³-hybridized carbons (Fsp3) is 0.227. The molecule has 2 heterocycles. The lowest BCUT2D eigenvalue weighted by Gasteiger charge is -2.03. The molecule has 0 radical (unpaired) electrons. The van der Waals surface area contributed by atoms with E-state index in [1.807, 2.05) is 32.9 Å². The highest BCUT2D eigenvalue weighted by molar-refractivity contribution is 9.10. The van der Waals surface area contributed by atoms with E-state index in [-0.39, 0.29) is 11.2 Å². The van der Waals surface area contributed by atoms with Gasteiger partial charge in [0.15, 0.2) is 0 Å². The van der Waals surface area contributed by atoms with Crippen LogP contribution in [0.5, 0.6) is 0 Å². The van der Waals surface area contributed by atoms with E-state index < -0.39 is 0 Å². The number of aryl methyl sites for hydroxylation is 3. The average molecular weight is 503 g/mol. The molecule has 9 heteroatoms. The molecule has 0 saturated carbocycles. The summed E-state index contributed by atoms with van der Waals surface area (Å²) in [6.07, 6.45) is 1.55. The van der Waals surface area contributed by atoms with Gasteiger partial charge in [0.05, 0.1) is 28.0 Å². The number of aromatic nitrogens is 4. The van der Waals surface area contributed by atoms with Crippen molar-refractivity contribution in [1.82, 2.24) is 18.9 Å². The molecule has 2 aromatic carbocycles. The van der Waals surface area contributed by atoms with E-state index in [4.69, 9.17) is 11.6 Å². The standard InChI is InChI=1S/C22H21BrClN5O2/c1-4-27-19-10-17(23)18(11-20(19)28(5-2)22(27)31)25-12-16-13(3)26-29(21(16)30)15-8-6-7-14(24)9-15/h6-12,26H,4-5H2,1-3H3. The maximum absolute atomic E-state index is 12.9. The van der Waals surface area contributed by atoms with Gasteiger partial charge >= 0.3 is 5.69 Å². The second-order valence-corrected chi connectivity index (χ2v) is 8.38. The molecule has 0 aliphatic rings. The molecule has 4 aromatic rings. The number of nitrogens with zero attached hydrogens (tertiary/aromatic N) is 4. The van der Waals surface area contributed by atoms with Crippen LogP contribution in [0, 0.1) is 6.92 Å². The van der Waals surface area contributed by atoms with Crippen molar-refractivity contribution in [3.63, 3.8) is 0 Å². The second-order valence-electron chi connectivity index (χ2n) is 7.09. The first-order valence-electron chi connectivity index (χ1n) is 9.89. The number of aliphatic imine (C=N–C) groups is 1. The van der Waals surface area contributed by atoms with Crippen molar-refractivity contribution in [2.75, 3.05) is 0 Å². The highest BCUT2D eigenvalue weighted by Gasteiger charge is 2.15. The Hall–Kier alpha value is -2.84. The fourth-order valence-electron chi connectivity index (χ4n) is 3.68. The minimum absolute atomic E-state index is 0.0427. The monoisotopic (exact) mass is 501 g/mol. The highest BCUT2D eigenvalue weighted by atomic mass is 79.9. The Morgan fingerprint density at radius 2 is 1.77 bits per heavy atom. The molecule has 0 saturated heterocycles. The molecule has 0 aliphatic carbocycles. The zero-order valence-electron chi connectivity index (χ0n) is 17.3. The Labute approximate surface area is 191 Å². The SMILES string of the molecule is CCn1c(=O)n(CC)c2cc(N=Cc3c(C)[nH]n(-c4cccc(Cl)c4)c3=O)c(Br)cc21. The van der Waals surface area contributed by atoms with Crippen molar-refractivity contribution in [1.29, 1.82) is 0 Å². The Morgan fingerprint density at radius 1 is 1.10 bits per heavy atom. The molecule has 0 aliphatic heterocycles. The summed E-state index contributed by atoms with van der Waals surface area (Å²) in [5, 5.41) is 3.61. The Kier molecular flexibility index (Phi) is 5.77. The molecule has 0 fully saturated rings. The number of nitrogens with one attached hydrogen (secondary N) is 1. The average Bonchev–Trinajstić information content (AvgIpc) is 3.17. The molecule has 160 valence electrons. The van der Waals surface area contributed by atoms with Crippen LogP contribution in [0.2, 0.25) is 5.02 Å². The number of imidazole rings is 1.